The summed E-state index contributed by atoms with van der Waals surface area (Å²) >= 11 is 4.94. The molecule has 1 amide bonds. The SMILES string of the molecule is CCOCCN1C(=O)/C(=C/c2cc(Br)c(OCc3ccccc3C#N)c(OCC)c2)SC1=Nc1ccccc1. The molecule has 1 aliphatic heterocycles. The number of nitrogens with zero attached hydrogens (tertiary/aromatic N) is 3. The van der Waals surface area contributed by atoms with Gasteiger partial charge in [0.15, 0.2) is 16.7 Å². The summed E-state index contributed by atoms with van der Waals surface area (Å²) in [5.41, 5.74) is 2.89. The Kier molecular flexibility index (Phi) is 10.2. The van der Waals surface area contributed by atoms with Crippen molar-refractivity contribution in [2.45, 2.75) is 20.5 Å². The molecule has 0 radical (unpaired) electrons. The minimum Gasteiger partial charge on any atom is -0.490 e. The van der Waals surface area contributed by atoms with Crippen LogP contribution in [0.4, 0.5) is 5.69 Å². The first-order valence-corrected chi connectivity index (χ1v) is 14.1. The van der Waals surface area contributed by atoms with Gasteiger partial charge in [0.05, 0.1) is 46.5 Å². The Morgan fingerprint density at radius 3 is 2.56 bits per heavy atom. The summed E-state index contributed by atoms with van der Waals surface area (Å²) in [6.45, 7) is 5.88. The van der Waals surface area contributed by atoms with Gasteiger partial charge in [-0.3, -0.25) is 9.69 Å². The molecular formula is C30H28BrN3O4S. The summed E-state index contributed by atoms with van der Waals surface area (Å²) < 4.78 is 18.2. The van der Waals surface area contributed by atoms with Crippen LogP contribution in [0.1, 0.15) is 30.5 Å². The van der Waals surface area contributed by atoms with Crippen LogP contribution in [0.3, 0.4) is 0 Å². The predicted molar refractivity (Wildman–Crippen MR) is 158 cm³/mol. The lowest BCUT2D eigenvalue weighted by Crippen LogP contribution is -2.32. The van der Waals surface area contributed by atoms with Crippen LogP contribution >= 0.6 is 27.7 Å². The predicted octanol–water partition coefficient (Wildman–Crippen LogP) is 6.94. The third-order valence-corrected chi connectivity index (χ3v) is 7.27. The van der Waals surface area contributed by atoms with Crippen molar-refractivity contribution in [1.29, 1.82) is 5.26 Å². The first-order chi connectivity index (χ1) is 19.0. The second kappa shape index (κ2) is 14.0. The first-order valence-electron chi connectivity index (χ1n) is 12.5. The Morgan fingerprint density at radius 2 is 1.82 bits per heavy atom. The minimum atomic E-state index is -0.128. The average Bonchev–Trinajstić information content (AvgIpc) is 3.22. The van der Waals surface area contributed by atoms with E-state index in [9.17, 15) is 10.1 Å². The molecule has 3 aromatic rings. The fraction of sp³-hybridized carbons (Fsp3) is 0.233. The fourth-order valence-corrected chi connectivity index (χ4v) is 5.43. The van der Waals surface area contributed by atoms with Crippen LogP contribution in [0.15, 0.2) is 81.1 Å². The Hall–Kier alpha value is -3.58. The third kappa shape index (κ3) is 7.30. The number of amides is 1. The van der Waals surface area contributed by atoms with Crippen molar-refractivity contribution in [3.05, 3.63) is 92.8 Å². The van der Waals surface area contributed by atoms with Crippen LogP contribution in [0.5, 0.6) is 11.5 Å². The van der Waals surface area contributed by atoms with Gasteiger partial charge in [0.1, 0.15) is 6.61 Å². The highest BCUT2D eigenvalue weighted by Gasteiger charge is 2.33. The standard InChI is InChI=1S/C30H28BrN3O4S/c1-3-36-15-14-34-29(35)27(39-30(34)33-24-12-6-5-7-13-24)18-21-16-25(31)28(26(17-21)37-4-2)38-20-23-11-9-8-10-22(23)19-32/h5-13,16-18H,3-4,14-15,20H2,1-2H3/b27-18-,33-30?. The van der Waals surface area contributed by atoms with E-state index in [4.69, 9.17) is 19.2 Å². The Labute approximate surface area is 241 Å². The maximum Gasteiger partial charge on any atom is 0.266 e. The maximum atomic E-state index is 13.4. The molecule has 1 saturated heterocycles. The molecule has 0 saturated carbocycles. The third-order valence-electron chi connectivity index (χ3n) is 5.67. The number of benzene rings is 3. The molecule has 7 nitrogen and oxygen atoms in total. The van der Waals surface area contributed by atoms with Crippen LogP contribution in [-0.4, -0.2) is 42.3 Å². The van der Waals surface area contributed by atoms with Gasteiger partial charge in [-0.25, -0.2) is 4.99 Å². The molecule has 0 spiro atoms. The van der Waals surface area contributed by atoms with Crippen molar-refractivity contribution < 1.29 is 19.0 Å². The van der Waals surface area contributed by atoms with E-state index in [0.29, 0.717) is 58.0 Å². The van der Waals surface area contributed by atoms with E-state index in [2.05, 4.69) is 22.0 Å². The number of nitriles is 1. The number of halogens is 1. The summed E-state index contributed by atoms with van der Waals surface area (Å²) in [5, 5.41) is 10.00. The lowest BCUT2D eigenvalue weighted by molar-refractivity contribution is -0.122. The monoisotopic (exact) mass is 605 g/mol. The number of para-hydroxylation sites is 1. The van der Waals surface area contributed by atoms with E-state index < -0.39 is 0 Å². The fourth-order valence-electron chi connectivity index (χ4n) is 3.83. The van der Waals surface area contributed by atoms with Crippen LogP contribution in [0.2, 0.25) is 0 Å². The van der Waals surface area contributed by atoms with Crippen molar-refractivity contribution >= 4 is 50.5 Å². The summed E-state index contributed by atoms with van der Waals surface area (Å²) in [6, 6.07) is 22.8. The van der Waals surface area contributed by atoms with E-state index in [-0.39, 0.29) is 12.5 Å². The second-order valence-corrected chi connectivity index (χ2v) is 10.2. The molecule has 1 fully saturated rings. The van der Waals surface area contributed by atoms with Gasteiger partial charge in [-0.2, -0.15) is 5.26 Å². The van der Waals surface area contributed by atoms with E-state index in [0.717, 1.165) is 16.8 Å². The second-order valence-electron chi connectivity index (χ2n) is 8.31. The zero-order valence-corrected chi connectivity index (χ0v) is 24.1. The quantitative estimate of drug-likeness (QED) is 0.174. The molecule has 1 heterocycles. The lowest BCUT2D eigenvalue weighted by Gasteiger charge is -2.16. The number of thioether (sulfide) groups is 1. The number of hydrogen-bond acceptors (Lipinski definition) is 7. The molecule has 39 heavy (non-hydrogen) atoms. The largest absolute Gasteiger partial charge is 0.490 e. The van der Waals surface area contributed by atoms with E-state index in [1.54, 1.807) is 11.0 Å². The molecule has 200 valence electrons. The summed E-state index contributed by atoms with van der Waals surface area (Å²) in [4.78, 5) is 20.3. The van der Waals surface area contributed by atoms with Crippen molar-refractivity contribution in [3.8, 4) is 17.6 Å². The summed E-state index contributed by atoms with van der Waals surface area (Å²) in [5.74, 6) is 0.939. The van der Waals surface area contributed by atoms with Crippen molar-refractivity contribution in [2.75, 3.05) is 26.4 Å². The molecule has 9 heteroatoms. The van der Waals surface area contributed by atoms with E-state index >= 15 is 0 Å². The number of hydrogen-bond donors (Lipinski definition) is 0. The maximum absolute atomic E-state index is 13.4. The number of aliphatic imine (C=N–C) groups is 1. The number of amidine groups is 1. The van der Waals surface area contributed by atoms with Gasteiger partial charge in [-0.15, -0.1) is 0 Å². The minimum absolute atomic E-state index is 0.128. The van der Waals surface area contributed by atoms with Gasteiger partial charge < -0.3 is 14.2 Å². The molecule has 0 N–H and O–H groups in total. The van der Waals surface area contributed by atoms with Gasteiger partial charge in [-0.05, 0) is 83.5 Å². The molecule has 0 bridgehead atoms. The molecular weight excluding hydrogens is 578 g/mol. The van der Waals surface area contributed by atoms with Crippen molar-refractivity contribution in [3.63, 3.8) is 0 Å². The van der Waals surface area contributed by atoms with Crippen LogP contribution in [0, 0.1) is 11.3 Å². The zero-order chi connectivity index (χ0) is 27.6. The smallest absolute Gasteiger partial charge is 0.266 e. The topological polar surface area (TPSA) is 84.1 Å². The van der Waals surface area contributed by atoms with Crippen LogP contribution < -0.4 is 9.47 Å². The van der Waals surface area contributed by atoms with Crippen LogP contribution in [0.25, 0.3) is 6.08 Å². The molecule has 1 aliphatic rings. The molecule has 0 aromatic heterocycles. The molecule has 0 unspecified atom stereocenters. The van der Waals surface area contributed by atoms with E-state index in [1.165, 1.54) is 11.8 Å². The van der Waals surface area contributed by atoms with Gasteiger partial charge >= 0.3 is 0 Å². The first kappa shape index (κ1) is 28.4. The number of carbonyl (C=O) groups is 1. The van der Waals surface area contributed by atoms with Gasteiger partial charge in [0, 0.05) is 12.2 Å². The van der Waals surface area contributed by atoms with Crippen LogP contribution in [-0.2, 0) is 16.1 Å². The lowest BCUT2D eigenvalue weighted by atomic mass is 10.1. The highest BCUT2D eigenvalue weighted by Crippen LogP contribution is 2.40. The molecule has 0 aliphatic carbocycles. The number of carbonyl (C=O) groups excluding carboxylic acids is 1. The number of rotatable bonds is 11. The molecule has 4 rings (SSSR count). The summed E-state index contributed by atoms with van der Waals surface area (Å²) in [7, 11) is 0. The molecule has 3 aromatic carbocycles. The Balaban J connectivity index is 1.62. The zero-order valence-electron chi connectivity index (χ0n) is 21.7. The van der Waals surface area contributed by atoms with Gasteiger partial charge in [-0.1, -0.05) is 36.4 Å². The Morgan fingerprint density at radius 1 is 1.05 bits per heavy atom. The Bertz CT molecular complexity index is 1420. The van der Waals surface area contributed by atoms with E-state index in [1.807, 2.05) is 80.6 Å². The highest BCUT2D eigenvalue weighted by molar-refractivity contribution is 9.10. The average molecular weight is 607 g/mol. The molecule has 0 atom stereocenters. The van der Waals surface area contributed by atoms with Crippen molar-refractivity contribution in [1.82, 2.24) is 4.90 Å². The normalized spacial score (nSPS) is 15.1. The van der Waals surface area contributed by atoms with Gasteiger partial charge in [0.25, 0.3) is 5.91 Å². The van der Waals surface area contributed by atoms with Crippen molar-refractivity contribution in [2.24, 2.45) is 4.99 Å². The summed E-state index contributed by atoms with van der Waals surface area (Å²) in [6.07, 6.45) is 1.83. The van der Waals surface area contributed by atoms with Gasteiger partial charge in [0.2, 0.25) is 0 Å². The highest BCUT2D eigenvalue weighted by atomic mass is 79.9. The number of ether oxygens (including phenoxy) is 3.